The quantitative estimate of drug-likeness (QED) is 0.243. The highest BCUT2D eigenvalue weighted by atomic mass is 35.5. The molecule has 0 N–H and O–H groups in total. The van der Waals surface area contributed by atoms with Gasteiger partial charge in [-0.1, -0.05) is 23.4 Å². The number of fused-ring (bicyclic) bond motifs is 1. The monoisotopic (exact) mass is 430 g/mol. The van der Waals surface area contributed by atoms with E-state index in [1.807, 2.05) is 19.1 Å². The SMILES string of the molecule is Cc1ccc(C(=O)CSc2nc3cc(Cl)ccc3c(=O)n2Cc2ccco2)s1. The molecule has 4 rings (SSSR count). The maximum Gasteiger partial charge on any atom is 0.262 e. The lowest BCUT2D eigenvalue weighted by atomic mass is 10.2. The average molecular weight is 431 g/mol. The van der Waals surface area contributed by atoms with E-state index in [1.54, 1.807) is 36.6 Å². The number of carbonyl (C=O) groups excluding carboxylic acids is 1. The van der Waals surface area contributed by atoms with Crippen LogP contribution in [0.25, 0.3) is 10.9 Å². The molecule has 3 heterocycles. The van der Waals surface area contributed by atoms with Crippen molar-refractivity contribution >= 4 is 51.4 Å². The molecule has 4 aromatic rings. The number of thiophene rings is 1. The molecule has 8 heteroatoms. The largest absolute Gasteiger partial charge is 0.467 e. The smallest absolute Gasteiger partial charge is 0.262 e. The number of Topliss-reactive ketones (excluding diaryl/α,β-unsaturated/α-hetero) is 1. The molecule has 5 nitrogen and oxygen atoms in total. The summed E-state index contributed by atoms with van der Waals surface area (Å²) in [5.74, 6) is 0.837. The van der Waals surface area contributed by atoms with Crippen LogP contribution in [0.4, 0.5) is 0 Å². The Hall–Kier alpha value is -2.35. The molecular weight excluding hydrogens is 416 g/mol. The van der Waals surface area contributed by atoms with Crippen LogP contribution < -0.4 is 5.56 Å². The van der Waals surface area contributed by atoms with Gasteiger partial charge in [-0.2, -0.15) is 0 Å². The summed E-state index contributed by atoms with van der Waals surface area (Å²) in [6.45, 7) is 2.20. The lowest BCUT2D eigenvalue weighted by Gasteiger charge is -2.12. The second kappa shape index (κ2) is 7.95. The predicted molar refractivity (Wildman–Crippen MR) is 113 cm³/mol. The lowest BCUT2D eigenvalue weighted by molar-refractivity contribution is 0.102. The standard InChI is InChI=1S/C20H15ClN2O3S2/c1-12-4-7-18(28-12)17(24)11-27-20-22-16-9-13(21)5-6-15(16)19(25)23(20)10-14-3-2-8-26-14/h2-9H,10-11H2,1H3. The fourth-order valence-corrected chi connectivity index (χ4v) is 4.71. The number of hydrogen-bond acceptors (Lipinski definition) is 6. The summed E-state index contributed by atoms with van der Waals surface area (Å²) < 4.78 is 6.93. The van der Waals surface area contributed by atoms with Crippen LogP contribution in [0.5, 0.6) is 0 Å². The van der Waals surface area contributed by atoms with Gasteiger partial charge < -0.3 is 4.42 Å². The van der Waals surface area contributed by atoms with E-state index in [4.69, 9.17) is 16.0 Å². The van der Waals surface area contributed by atoms with Crippen LogP contribution in [-0.2, 0) is 6.54 Å². The minimum absolute atomic E-state index is 0.00749. The maximum atomic E-state index is 13.0. The van der Waals surface area contributed by atoms with Crippen LogP contribution >= 0.6 is 34.7 Å². The molecule has 0 saturated carbocycles. The Kier molecular flexibility index (Phi) is 5.39. The van der Waals surface area contributed by atoms with Crippen molar-refractivity contribution in [3.8, 4) is 0 Å². The lowest BCUT2D eigenvalue weighted by Crippen LogP contribution is -2.24. The molecule has 0 bridgehead atoms. The second-order valence-corrected chi connectivity index (χ2v) is 8.82. The van der Waals surface area contributed by atoms with Gasteiger partial charge in [-0.25, -0.2) is 4.98 Å². The Morgan fingerprint density at radius 1 is 1.29 bits per heavy atom. The zero-order valence-electron chi connectivity index (χ0n) is 14.8. The predicted octanol–water partition coefficient (Wildman–Crippen LogP) is 5.04. The Labute approximate surface area is 174 Å². The number of nitrogens with zero attached hydrogens (tertiary/aromatic N) is 2. The van der Waals surface area contributed by atoms with E-state index in [9.17, 15) is 9.59 Å². The average Bonchev–Trinajstić information content (AvgIpc) is 3.34. The van der Waals surface area contributed by atoms with Crippen LogP contribution in [0.15, 0.2) is 63.1 Å². The summed E-state index contributed by atoms with van der Waals surface area (Å²) in [6, 6.07) is 12.3. The van der Waals surface area contributed by atoms with E-state index in [0.717, 1.165) is 4.88 Å². The first-order valence-corrected chi connectivity index (χ1v) is 10.6. The van der Waals surface area contributed by atoms with E-state index in [2.05, 4.69) is 4.98 Å². The fraction of sp³-hybridized carbons (Fsp3) is 0.150. The van der Waals surface area contributed by atoms with Crippen LogP contribution in [0.1, 0.15) is 20.3 Å². The molecule has 142 valence electrons. The molecule has 1 aromatic carbocycles. The highest BCUT2D eigenvalue weighted by Crippen LogP contribution is 2.24. The summed E-state index contributed by atoms with van der Waals surface area (Å²) in [5.41, 5.74) is 0.315. The van der Waals surface area contributed by atoms with Crippen LogP contribution in [0, 0.1) is 6.92 Å². The molecule has 0 spiro atoms. The molecule has 0 aliphatic carbocycles. The van der Waals surface area contributed by atoms with Crippen molar-refractivity contribution in [1.82, 2.24) is 9.55 Å². The molecule has 3 aromatic heterocycles. The van der Waals surface area contributed by atoms with Gasteiger partial charge in [-0.05, 0) is 49.4 Å². The molecular formula is C20H15ClN2O3S2. The van der Waals surface area contributed by atoms with Crippen LogP contribution in [0.2, 0.25) is 5.02 Å². The van der Waals surface area contributed by atoms with E-state index < -0.39 is 0 Å². The third-order valence-corrected chi connectivity index (χ3v) is 6.38. The first kappa shape index (κ1) is 19.0. The highest BCUT2D eigenvalue weighted by Gasteiger charge is 2.16. The number of thioether (sulfide) groups is 1. The van der Waals surface area contributed by atoms with Crippen molar-refractivity contribution in [1.29, 1.82) is 0 Å². The number of rotatable bonds is 6. The zero-order valence-corrected chi connectivity index (χ0v) is 17.2. The van der Waals surface area contributed by atoms with Gasteiger partial charge in [0, 0.05) is 9.90 Å². The fourth-order valence-electron chi connectivity index (χ4n) is 2.77. The van der Waals surface area contributed by atoms with Gasteiger partial charge in [0.1, 0.15) is 5.76 Å². The Balaban J connectivity index is 1.71. The van der Waals surface area contributed by atoms with Crippen molar-refractivity contribution in [2.24, 2.45) is 0 Å². The van der Waals surface area contributed by atoms with Crippen molar-refractivity contribution in [3.63, 3.8) is 0 Å². The molecule has 0 aliphatic heterocycles. The van der Waals surface area contributed by atoms with Gasteiger partial charge in [-0.15, -0.1) is 11.3 Å². The number of hydrogen-bond donors (Lipinski definition) is 0. The van der Waals surface area contributed by atoms with Gasteiger partial charge in [0.15, 0.2) is 10.9 Å². The second-order valence-electron chi connectivity index (χ2n) is 6.15. The van der Waals surface area contributed by atoms with Gasteiger partial charge in [0.2, 0.25) is 0 Å². The minimum atomic E-state index is -0.194. The van der Waals surface area contributed by atoms with Crippen LogP contribution in [0.3, 0.4) is 0 Å². The Morgan fingerprint density at radius 3 is 2.86 bits per heavy atom. The number of aromatic nitrogens is 2. The van der Waals surface area contributed by atoms with Gasteiger partial charge in [-0.3, -0.25) is 14.2 Å². The highest BCUT2D eigenvalue weighted by molar-refractivity contribution is 7.99. The Morgan fingerprint density at radius 2 is 2.14 bits per heavy atom. The molecule has 0 saturated heterocycles. The summed E-state index contributed by atoms with van der Waals surface area (Å²) in [7, 11) is 0. The summed E-state index contributed by atoms with van der Waals surface area (Å²) in [6.07, 6.45) is 1.56. The van der Waals surface area contributed by atoms with E-state index >= 15 is 0 Å². The third-order valence-electron chi connectivity index (χ3n) is 4.12. The van der Waals surface area contributed by atoms with E-state index in [-0.39, 0.29) is 23.6 Å². The minimum Gasteiger partial charge on any atom is -0.467 e. The van der Waals surface area contributed by atoms with Crippen molar-refractivity contribution < 1.29 is 9.21 Å². The van der Waals surface area contributed by atoms with Crippen molar-refractivity contribution in [3.05, 3.63) is 79.6 Å². The molecule has 0 radical (unpaired) electrons. The summed E-state index contributed by atoms with van der Waals surface area (Å²) in [5, 5.41) is 1.43. The normalized spacial score (nSPS) is 11.2. The zero-order chi connectivity index (χ0) is 19.7. The summed E-state index contributed by atoms with van der Waals surface area (Å²) >= 11 is 8.77. The van der Waals surface area contributed by atoms with Crippen molar-refractivity contribution in [2.75, 3.05) is 5.75 Å². The van der Waals surface area contributed by atoms with Crippen LogP contribution in [-0.4, -0.2) is 21.1 Å². The first-order chi connectivity index (χ1) is 13.5. The molecule has 0 atom stereocenters. The molecule has 0 aliphatic rings. The topological polar surface area (TPSA) is 65.1 Å². The van der Waals surface area contributed by atoms with E-state index in [0.29, 0.717) is 31.7 Å². The van der Waals surface area contributed by atoms with Gasteiger partial charge in [0.05, 0.1) is 34.3 Å². The number of aryl methyl sites for hydroxylation is 1. The first-order valence-electron chi connectivity index (χ1n) is 8.46. The number of furan rings is 1. The number of carbonyl (C=O) groups is 1. The molecule has 0 unspecified atom stereocenters. The molecule has 28 heavy (non-hydrogen) atoms. The van der Waals surface area contributed by atoms with Crippen molar-refractivity contribution in [2.45, 2.75) is 18.6 Å². The maximum absolute atomic E-state index is 13.0. The van der Waals surface area contributed by atoms with Gasteiger partial charge >= 0.3 is 0 Å². The third kappa shape index (κ3) is 3.92. The van der Waals surface area contributed by atoms with E-state index in [1.165, 1.54) is 27.7 Å². The number of ketones is 1. The Bertz CT molecular complexity index is 1210. The molecule has 0 fully saturated rings. The van der Waals surface area contributed by atoms with Gasteiger partial charge in [0.25, 0.3) is 5.56 Å². The number of halogens is 1. The molecule has 0 amide bonds. The number of benzene rings is 1. The summed E-state index contributed by atoms with van der Waals surface area (Å²) in [4.78, 5) is 31.9.